The third-order valence-corrected chi connectivity index (χ3v) is 3.39. The standard InChI is InChI=1S/C13H7Cl3N2O/c14-6-1-2-10(17)8(3-6)13-18-11-5-7(15)4-9(16)12(11)19-13/h1-5H,17H2. The molecule has 0 aliphatic heterocycles. The minimum absolute atomic E-state index is 0.360. The molecule has 6 heteroatoms. The zero-order chi connectivity index (χ0) is 13.6. The number of aromatic nitrogens is 1. The molecule has 0 aliphatic carbocycles. The van der Waals surface area contributed by atoms with Crippen molar-refractivity contribution in [3.05, 3.63) is 45.4 Å². The molecule has 3 nitrogen and oxygen atoms in total. The van der Waals surface area contributed by atoms with Crippen LogP contribution in [0.4, 0.5) is 5.69 Å². The van der Waals surface area contributed by atoms with E-state index in [-0.39, 0.29) is 0 Å². The molecule has 0 amide bonds. The van der Waals surface area contributed by atoms with Gasteiger partial charge in [-0.1, -0.05) is 34.8 Å². The first-order valence-corrected chi connectivity index (χ1v) is 6.49. The molecule has 0 saturated carbocycles. The number of oxazole rings is 1. The molecule has 0 saturated heterocycles. The number of hydrogen-bond donors (Lipinski definition) is 1. The second kappa shape index (κ2) is 4.60. The van der Waals surface area contributed by atoms with Crippen molar-refractivity contribution in [2.45, 2.75) is 0 Å². The van der Waals surface area contributed by atoms with Crippen molar-refractivity contribution in [1.82, 2.24) is 4.98 Å². The summed E-state index contributed by atoms with van der Waals surface area (Å²) in [7, 11) is 0. The predicted octanol–water partition coefficient (Wildman–Crippen LogP) is 5.04. The number of fused-ring (bicyclic) bond motifs is 1. The monoisotopic (exact) mass is 312 g/mol. The maximum atomic E-state index is 6.06. The molecule has 0 bridgehead atoms. The van der Waals surface area contributed by atoms with Crippen molar-refractivity contribution < 1.29 is 4.42 Å². The maximum Gasteiger partial charge on any atom is 0.229 e. The molecule has 2 N–H and O–H groups in total. The Morgan fingerprint density at radius 2 is 1.79 bits per heavy atom. The molecule has 0 unspecified atom stereocenters. The molecule has 0 aliphatic rings. The fourth-order valence-corrected chi connectivity index (χ4v) is 2.48. The molecule has 3 aromatic rings. The first-order valence-electron chi connectivity index (χ1n) is 5.35. The summed E-state index contributed by atoms with van der Waals surface area (Å²) in [6.45, 7) is 0. The van der Waals surface area contributed by atoms with E-state index >= 15 is 0 Å². The van der Waals surface area contributed by atoms with E-state index < -0.39 is 0 Å². The SMILES string of the molecule is Nc1ccc(Cl)cc1-c1nc2cc(Cl)cc(Cl)c2o1. The molecule has 0 fully saturated rings. The summed E-state index contributed by atoms with van der Waals surface area (Å²) in [5.41, 5.74) is 8.09. The number of benzene rings is 2. The summed E-state index contributed by atoms with van der Waals surface area (Å²) in [5.74, 6) is 0.360. The van der Waals surface area contributed by atoms with Crippen LogP contribution >= 0.6 is 34.8 Å². The molecule has 1 heterocycles. The number of rotatable bonds is 1. The Balaban J connectivity index is 2.26. The van der Waals surface area contributed by atoms with Crippen molar-refractivity contribution in [1.29, 1.82) is 0 Å². The van der Waals surface area contributed by atoms with Crippen molar-refractivity contribution in [3.63, 3.8) is 0 Å². The van der Waals surface area contributed by atoms with Gasteiger partial charge in [0.05, 0.1) is 10.6 Å². The van der Waals surface area contributed by atoms with Gasteiger partial charge in [0.2, 0.25) is 5.89 Å². The van der Waals surface area contributed by atoms with Crippen molar-refractivity contribution in [3.8, 4) is 11.5 Å². The van der Waals surface area contributed by atoms with E-state index in [0.29, 0.717) is 43.3 Å². The van der Waals surface area contributed by atoms with E-state index in [2.05, 4.69) is 4.98 Å². The molecule has 0 atom stereocenters. The van der Waals surface area contributed by atoms with Crippen LogP contribution in [0.2, 0.25) is 15.1 Å². The minimum Gasteiger partial charge on any atom is -0.434 e. The molecule has 1 aromatic heterocycles. The number of nitrogen functional groups attached to an aromatic ring is 1. The first-order chi connectivity index (χ1) is 9.04. The highest BCUT2D eigenvalue weighted by molar-refractivity contribution is 6.38. The Bertz CT molecular complexity index is 783. The zero-order valence-electron chi connectivity index (χ0n) is 9.45. The zero-order valence-corrected chi connectivity index (χ0v) is 11.7. The number of nitrogens with two attached hydrogens (primary N) is 1. The van der Waals surface area contributed by atoms with E-state index in [1.165, 1.54) is 0 Å². The Morgan fingerprint density at radius 1 is 1.00 bits per heavy atom. The van der Waals surface area contributed by atoms with Crippen molar-refractivity contribution >= 4 is 51.6 Å². The van der Waals surface area contributed by atoms with E-state index in [1.807, 2.05) is 0 Å². The summed E-state index contributed by atoms with van der Waals surface area (Å²) < 4.78 is 5.64. The fraction of sp³-hybridized carbons (Fsp3) is 0. The molecular weight excluding hydrogens is 307 g/mol. The lowest BCUT2D eigenvalue weighted by atomic mass is 10.2. The Hall–Kier alpha value is -1.42. The van der Waals surface area contributed by atoms with Gasteiger partial charge in [-0.05, 0) is 30.3 Å². The van der Waals surface area contributed by atoms with Gasteiger partial charge < -0.3 is 10.2 Å². The normalized spacial score (nSPS) is 11.1. The van der Waals surface area contributed by atoms with Gasteiger partial charge in [0.1, 0.15) is 5.52 Å². The van der Waals surface area contributed by atoms with E-state index in [9.17, 15) is 0 Å². The molecule has 19 heavy (non-hydrogen) atoms. The lowest BCUT2D eigenvalue weighted by Crippen LogP contribution is -1.89. The smallest absolute Gasteiger partial charge is 0.229 e. The molecular formula is C13H7Cl3N2O. The summed E-state index contributed by atoms with van der Waals surface area (Å²) in [4.78, 5) is 4.33. The van der Waals surface area contributed by atoms with Gasteiger partial charge in [-0.25, -0.2) is 4.98 Å². The Kier molecular flexibility index (Phi) is 3.05. The molecule has 0 spiro atoms. The van der Waals surface area contributed by atoms with Gasteiger partial charge in [-0.3, -0.25) is 0 Å². The van der Waals surface area contributed by atoms with Crippen LogP contribution in [0.3, 0.4) is 0 Å². The average Bonchev–Trinajstić information content (AvgIpc) is 2.76. The van der Waals surface area contributed by atoms with Crippen LogP contribution in [0, 0.1) is 0 Å². The van der Waals surface area contributed by atoms with Gasteiger partial charge in [0, 0.05) is 15.7 Å². The molecule has 0 radical (unpaired) electrons. The van der Waals surface area contributed by atoms with Gasteiger partial charge in [0.25, 0.3) is 0 Å². The van der Waals surface area contributed by atoms with Crippen LogP contribution in [0.1, 0.15) is 0 Å². The highest BCUT2D eigenvalue weighted by atomic mass is 35.5. The molecule has 3 rings (SSSR count). The number of nitrogens with zero attached hydrogens (tertiary/aromatic N) is 1. The highest BCUT2D eigenvalue weighted by Gasteiger charge is 2.14. The summed E-state index contributed by atoms with van der Waals surface area (Å²) in [6.07, 6.45) is 0. The Morgan fingerprint density at radius 3 is 2.58 bits per heavy atom. The van der Waals surface area contributed by atoms with Gasteiger partial charge in [0.15, 0.2) is 5.58 Å². The van der Waals surface area contributed by atoms with Crippen LogP contribution in [-0.2, 0) is 0 Å². The van der Waals surface area contributed by atoms with Crippen LogP contribution in [0.15, 0.2) is 34.7 Å². The van der Waals surface area contributed by atoms with E-state index in [0.717, 1.165) is 0 Å². The number of hydrogen-bond acceptors (Lipinski definition) is 3. The van der Waals surface area contributed by atoms with Crippen LogP contribution in [0.25, 0.3) is 22.6 Å². The van der Waals surface area contributed by atoms with E-state index in [1.54, 1.807) is 30.3 Å². The number of anilines is 1. The third-order valence-electron chi connectivity index (χ3n) is 2.66. The second-order valence-electron chi connectivity index (χ2n) is 3.99. The number of halogens is 3. The quantitative estimate of drug-likeness (QED) is 0.640. The average molecular weight is 314 g/mol. The van der Waals surface area contributed by atoms with Crippen LogP contribution < -0.4 is 5.73 Å². The predicted molar refractivity (Wildman–Crippen MR) is 78.9 cm³/mol. The first kappa shape index (κ1) is 12.6. The Labute approximate surface area is 123 Å². The summed E-state index contributed by atoms with van der Waals surface area (Å²) >= 11 is 17.9. The largest absolute Gasteiger partial charge is 0.434 e. The highest BCUT2D eigenvalue weighted by Crippen LogP contribution is 2.34. The minimum atomic E-state index is 0.360. The molecule has 96 valence electrons. The van der Waals surface area contributed by atoms with Crippen molar-refractivity contribution in [2.75, 3.05) is 5.73 Å². The summed E-state index contributed by atoms with van der Waals surface area (Å²) in [6, 6.07) is 8.36. The van der Waals surface area contributed by atoms with Crippen molar-refractivity contribution in [2.24, 2.45) is 0 Å². The van der Waals surface area contributed by atoms with Crippen LogP contribution in [-0.4, -0.2) is 4.98 Å². The van der Waals surface area contributed by atoms with Gasteiger partial charge in [-0.2, -0.15) is 0 Å². The van der Waals surface area contributed by atoms with Gasteiger partial charge >= 0.3 is 0 Å². The second-order valence-corrected chi connectivity index (χ2v) is 5.27. The lowest BCUT2D eigenvalue weighted by Gasteiger charge is -2.01. The van der Waals surface area contributed by atoms with Gasteiger partial charge in [-0.15, -0.1) is 0 Å². The maximum absolute atomic E-state index is 6.06. The lowest BCUT2D eigenvalue weighted by molar-refractivity contribution is 0.620. The fourth-order valence-electron chi connectivity index (χ4n) is 1.79. The molecule has 2 aromatic carbocycles. The topological polar surface area (TPSA) is 52.0 Å². The summed E-state index contributed by atoms with van der Waals surface area (Å²) in [5, 5.41) is 1.45. The van der Waals surface area contributed by atoms with Crippen LogP contribution in [0.5, 0.6) is 0 Å². The third kappa shape index (κ3) is 2.25. The van der Waals surface area contributed by atoms with E-state index in [4.69, 9.17) is 45.0 Å².